The van der Waals surface area contributed by atoms with E-state index < -0.39 is 11.9 Å². The SMILES string of the molecule is COC(=O)C1=C(N)Oc2cc(O)ccc2C1c1ccc(OCc2ccccc2)c(OC)c1. The summed E-state index contributed by atoms with van der Waals surface area (Å²) in [6.45, 7) is 0.385. The Labute approximate surface area is 185 Å². The minimum absolute atomic E-state index is 0.0269. The first-order valence-corrected chi connectivity index (χ1v) is 9.95. The van der Waals surface area contributed by atoms with E-state index in [0.717, 1.165) is 11.1 Å². The van der Waals surface area contributed by atoms with Gasteiger partial charge in [0.1, 0.15) is 23.7 Å². The van der Waals surface area contributed by atoms with Gasteiger partial charge in [0.05, 0.1) is 20.1 Å². The Morgan fingerprint density at radius 3 is 2.53 bits per heavy atom. The van der Waals surface area contributed by atoms with Gasteiger partial charge in [0.15, 0.2) is 11.5 Å². The molecule has 0 spiro atoms. The van der Waals surface area contributed by atoms with Gasteiger partial charge in [0.2, 0.25) is 5.88 Å². The summed E-state index contributed by atoms with van der Waals surface area (Å²) in [6.07, 6.45) is 0. The number of hydrogen-bond donors (Lipinski definition) is 2. The fourth-order valence-electron chi connectivity index (χ4n) is 3.71. The second-order valence-corrected chi connectivity index (χ2v) is 7.21. The van der Waals surface area contributed by atoms with E-state index in [1.807, 2.05) is 36.4 Å². The summed E-state index contributed by atoms with van der Waals surface area (Å²) in [7, 11) is 2.84. The average Bonchev–Trinajstić information content (AvgIpc) is 2.81. The lowest BCUT2D eigenvalue weighted by molar-refractivity contribution is -0.136. The first-order valence-electron chi connectivity index (χ1n) is 9.95. The van der Waals surface area contributed by atoms with Crippen LogP contribution in [-0.4, -0.2) is 25.3 Å². The number of rotatable bonds is 6. The van der Waals surface area contributed by atoms with Crippen LogP contribution in [0.1, 0.15) is 22.6 Å². The van der Waals surface area contributed by atoms with Crippen molar-refractivity contribution in [3.63, 3.8) is 0 Å². The molecule has 0 bridgehead atoms. The average molecular weight is 433 g/mol. The van der Waals surface area contributed by atoms with Crippen LogP contribution in [0.3, 0.4) is 0 Å². The van der Waals surface area contributed by atoms with Crippen molar-refractivity contribution >= 4 is 5.97 Å². The molecule has 1 aliphatic heterocycles. The molecule has 0 amide bonds. The predicted octanol–water partition coefficient (Wildman–Crippen LogP) is 3.85. The van der Waals surface area contributed by atoms with Gasteiger partial charge >= 0.3 is 5.97 Å². The van der Waals surface area contributed by atoms with Gasteiger partial charge in [0, 0.05) is 11.6 Å². The molecule has 0 fully saturated rings. The quantitative estimate of drug-likeness (QED) is 0.570. The molecule has 1 unspecified atom stereocenters. The van der Waals surface area contributed by atoms with Crippen LogP contribution >= 0.6 is 0 Å². The first-order chi connectivity index (χ1) is 15.5. The van der Waals surface area contributed by atoms with E-state index in [2.05, 4.69) is 0 Å². The number of methoxy groups -OCH3 is 2. The summed E-state index contributed by atoms with van der Waals surface area (Å²) in [6, 6.07) is 19.9. The van der Waals surface area contributed by atoms with Crippen LogP contribution in [0, 0.1) is 0 Å². The maximum absolute atomic E-state index is 12.6. The molecular formula is C25H23NO6. The summed E-state index contributed by atoms with van der Waals surface area (Å²) in [5, 5.41) is 9.86. The van der Waals surface area contributed by atoms with Crippen molar-refractivity contribution in [2.45, 2.75) is 12.5 Å². The molecule has 0 aromatic heterocycles. The fourth-order valence-corrected chi connectivity index (χ4v) is 3.71. The van der Waals surface area contributed by atoms with E-state index in [-0.39, 0.29) is 17.2 Å². The lowest BCUT2D eigenvalue weighted by Gasteiger charge is -2.28. The Bertz CT molecular complexity index is 1170. The zero-order valence-corrected chi connectivity index (χ0v) is 17.7. The highest BCUT2D eigenvalue weighted by Crippen LogP contribution is 2.45. The van der Waals surface area contributed by atoms with Gasteiger partial charge in [-0.1, -0.05) is 42.5 Å². The molecule has 7 nitrogen and oxygen atoms in total. The van der Waals surface area contributed by atoms with Crippen LogP contribution in [0.4, 0.5) is 0 Å². The molecule has 3 aromatic rings. The summed E-state index contributed by atoms with van der Waals surface area (Å²) in [5.41, 5.74) is 8.67. The number of benzene rings is 3. The Morgan fingerprint density at radius 2 is 1.81 bits per heavy atom. The van der Waals surface area contributed by atoms with E-state index >= 15 is 0 Å². The second-order valence-electron chi connectivity index (χ2n) is 7.21. The van der Waals surface area contributed by atoms with Crippen LogP contribution in [0.2, 0.25) is 0 Å². The van der Waals surface area contributed by atoms with Crippen LogP contribution in [0.15, 0.2) is 78.2 Å². The summed E-state index contributed by atoms with van der Waals surface area (Å²) in [5.74, 6) is 0.201. The van der Waals surface area contributed by atoms with Crippen molar-refractivity contribution in [1.82, 2.24) is 0 Å². The van der Waals surface area contributed by atoms with Gasteiger partial charge < -0.3 is 29.8 Å². The topological polar surface area (TPSA) is 100 Å². The maximum Gasteiger partial charge on any atom is 0.340 e. The number of ether oxygens (including phenoxy) is 4. The molecule has 164 valence electrons. The van der Waals surface area contributed by atoms with Crippen molar-refractivity contribution in [1.29, 1.82) is 0 Å². The third-order valence-electron chi connectivity index (χ3n) is 5.25. The molecule has 3 aromatic carbocycles. The molecule has 32 heavy (non-hydrogen) atoms. The normalized spacial score (nSPS) is 14.9. The molecule has 7 heteroatoms. The highest BCUT2D eigenvalue weighted by molar-refractivity contribution is 5.92. The minimum Gasteiger partial charge on any atom is -0.508 e. The highest BCUT2D eigenvalue weighted by atomic mass is 16.5. The summed E-state index contributed by atoms with van der Waals surface area (Å²) < 4.78 is 22.1. The van der Waals surface area contributed by atoms with Crippen molar-refractivity contribution in [2.75, 3.05) is 14.2 Å². The third-order valence-corrected chi connectivity index (χ3v) is 5.25. The number of fused-ring (bicyclic) bond motifs is 1. The number of carbonyl (C=O) groups excluding carboxylic acids is 1. The van der Waals surface area contributed by atoms with E-state index in [1.54, 1.807) is 25.3 Å². The Hall–Kier alpha value is -4.13. The van der Waals surface area contributed by atoms with Gasteiger partial charge in [-0.15, -0.1) is 0 Å². The molecule has 0 aliphatic carbocycles. The summed E-state index contributed by atoms with van der Waals surface area (Å²) >= 11 is 0. The fraction of sp³-hybridized carbons (Fsp3) is 0.160. The van der Waals surface area contributed by atoms with Crippen LogP contribution in [0.25, 0.3) is 0 Å². The molecule has 0 saturated heterocycles. The lowest BCUT2D eigenvalue weighted by atomic mass is 9.83. The lowest BCUT2D eigenvalue weighted by Crippen LogP contribution is -2.27. The largest absolute Gasteiger partial charge is 0.508 e. The molecule has 3 N–H and O–H groups in total. The Morgan fingerprint density at radius 1 is 1.03 bits per heavy atom. The molecule has 4 rings (SSSR count). The number of hydrogen-bond acceptors (Lipinski definition) is 7. The van der Waals surface area contributed by atoms with Crippen LogP contribution in [-0.2, 0) is 16.1 Å². The monoisotopic (exact) mass is 433 g/mol. The number of nitrogens with two attached hydrogens (primary N) is 1. The molecule has 1 heterocycles. The first kappa shape index (κ1) is 21.1. The molecule has 0 radical (unpaired) electrons. The van der Waals surface area contributed by atoms with E-state index in [4.69, 9.17) is 24.7 Å². The van der Waals surface area contributed by atoms with Gasteiger partial charge in [-0.2, -0.15) is 0 Å². The zero-order chi connectivity index (χ0) is 22.7. The molecular weight excluding hydrogens is 410 g/mol. The number of carbonyl (C=O) groups is 1. The second kappa shape index (κ2) is 8.93. The van der Waals surface area contributed by atoms with Gasteiger partial charge in [0.25, 0.3) is 0 Å². The Balaban J connectivity index is 1.74. The van der Waals surface area contributed by atoms with Crippen LogP contribution < -0.4 is 19.9 Å². The third kappa shape index (κ3) is 4.05. The molecule has 0 saturated carbocycles. The number of phenols is 1. The van der Waals surface area contributed by atoms with Crippen molar-refractivity contribution in [3.8, 4) is 23.0 Å². The smallest absolute Gasteiger partial charge is 0.340 e. The standard InChI is InChI=1S/C25H23NO6/c1-29-21-12-16(8-11-19(21)31-14-15-6-4-3-5-7-15)22-18-10-9-17(27)13-20(18)32-24(26)23(22)25(28)30-2/h3-13,22,27H,14,26H2,1-2H3. The van der Waals surface area contributed by atoms with Crippen molar-refractivity contribution < 1.29 is 28.8 Å². The minimum atomic E-state index is -0.602. The van der Waals surface area contributed by atoms with Gasteiger partial charge in [-0.25, -0.2) is 4.79 Å². The van der Waals surface area contributed by atoms with E-state index in [1.165, 1.54) is 19.2 Å². The van der Waals surface area contributed by atoms with Gasteiger partial charge in [-0.3, -0.25) is 0 Å². The maximum atomic E-state index is 12.6. The zero-order valence-electron chi connectivity index (χ0n) is 17.7. The number of phenolic OH excluding ortho intramolecular Hbond substituents is 1. The van der Waals surface area contributed by atoms with Gasteiger partial charge in [-0.05, 0) is 29.3 Å². The Kier molecular flexibility index (Phi) is 5.89. The highest BCUT2D eigenvalue weighted by Gasteiger charge is 2.35. The van der Waals surface area contributed by atoms with Crippen LogP contribution in [0.5, 0.6) is 23.0 Å². The van der Waals surface area contributed by atoms with E-state index in [9.17, 15) is 9.90 Å². The molecule has 1 atom stereocenters. The van der Waals surface area contributed by atoms with Crippen molar-refractivity contribution in [2.24, 2.45) is 5.73 Å². The summed E-state index contributed by atoms with van der Waals surface area (Å²) in [4.78, 5) is 12.6. The molecule has 1 aliphatic rings. The predicted molar refractivity (Wildman–Crippen MR) is 118 cm³/mol. The number of esters is 1. The number of aromatic hydroxyl groups is 1. The van der Waals surface area contributed by atoms with E-state index in [0.29, 0.717) is 29.4 Å². The van der Waals surface area contributed by atoms with Crippen molar-refractivity contribution in [3.05, 3.63) is 94.9 Å².